The monoisotopic (exact) mass is 246 g/mol. The van der Waals surface area contributed by atoms with Crippen LogP contribution in [0, 0.1) is 5.41 Å². The van der Waals surface area contributed by atoms with Gasteiger partial charge in [-0.1, -0.05) is 63.8 Å². The Morgan fingerprint density at radius 1 is 1.22 bits per heavy atom. The summed E-state index contributed by atoms with van der Waals surface area (Å²) in [5.41, 5.74) is 0.0493. The number of ketones is 1. The molecule has 0 saturated heterocycles. The van der Waals surface area contributed by atoms with Gasteiger partial charge in [0.25, 0.3) is 5.78 Å². The molecule has 0 saturated carbocycles. The predicted octanol–water partition coefficient (Wildman–Crippen LogP) is 3.01. The van der Waals surface area contributed by atoms with Gasteiger partial charge in [0.2, 0.25) is 0 Å². The van der Waals surface area contributed by atoms with Crippen LogP contribution in [0.4, 0.5) is 0 Å². The largest absolute Gasteiger partial charge is 0.452 e. The van der Waals surface area contributed by atoms with E-state index < -0.39 is 17.9 Å². The van der Waals surface area contributed by atoms with E-state index in [0.29, 0.717) is 5.56 Å². The maximum absolute atomic E-state index is 11.8. The highest BCUT2D eigenvalue weighted by Crippen LogP contribution is 2.23. The van der Waals surface area contributed by atoms with E-state index in [1.165, 1.54) is 6.08 Å². The summed E-state index contributed by atoms with van der Waals surface area (Å²) in [6.07, 6.45) is 1.05. The molecule has 0 spiro atoms. The van der Waals surface area contributed by atoms with Gasteiger partial charge in [0, 0.05) is 11.0 Å². The van der Waals surface area contributed by atoms with E-state index in [-0.39, 0.29) is 5.41 Å². The smallest absolute Gasteiger partial charge is 0.380 e. The summed E-state index contributed by atoms with van der Waals surface area (Å²) in [5.74, 6) is -1.48. The molecule has 1 aromatic carbocycles. The van der Waals surface area contributed by atoms with Crippen LogP contribution in [0.5, 0.6) is 0 Å². The van der Waals surface area contributed by atoms with Crippen molar-refractivity contribution in [1.29, 1.82) is 0 Å². The summed E-state index contributed by atoms with van der Waals surface area (Å²) in [5, 5.41) is 0. The van der Waals surface area contributed by atoms with Crippen molar-refractivity contribution in [3.8, 4) is 0 Å². The lowest BCUT2D eigenvalue weighted by Gasteiger charge is -2.27. The number of hydrogen-bond acceptors (Lipinski definition) is 3. The van der Waals surface area contributed by atoms with E-state index in [1.54, 1.807) is 30.3 Å². The third-order valence-corrected chi connectivity index (χ3v) is 2.52. The summed E-state index contributed by atoms with van der Waals surface area (Å²) in [6, 6.07) is 8.36. The zero-order valence-electron chi connectivity index (χ0n) is 11.0. The second-order valence-electron chi connectivity index (χ2n) is 5.12. The Morgan fingerprint density at radius 2 is 1.78 bits per heavy atom. The van der Waals surface area contributed by atoms with Crippen molar-refractivity contribution in [2.24, 2.45) is 5.41 Å². The van der Waals surface area contributed by atoms with Crippen LogP contribution >= 0.6 is 0 Å². The highest BCUT2D eigenvalue weighted by Gasteiger charge is 2.28. The molecule has 0 amide bonds. The van der Waals surface area contributed by atoms with Crippen LogP contribution in [0.3, 0.4) is 0 Å². The SMILES string of the molecule is C=CC(OC(=O)C(=O)c1ccccc1)C(C)(C)C. The molecule has 0 aliphatic carbocycles. The fourth-order valence-electron chi connectivity index (χ4n) is 1.45. The first-order valence-electron chi connectivity index (χ1n) is 5.79. The highest BCUT2D eigenvalue weighted by atomic mass is 16.5. The fraction of sp³-hybridized carbons (Fsp3) is 0.333. The fourth-order valence-corrected chi connectivity index (χ4v) is 1.45. The van der Waals surface area contributed by atoms with Gasteiger partial charge in [-0.2, -0.15) is 0 Å². The number of benzene rings is 1. The Kier molecular flexibility index (Phi) is 4.43. The Morgan fingerprint density at radius 3 is 2.22 bits per heavy atom. The van der Waals surface area contributed by atoms with E-state index in [4.69, 9.17) is 4.74 Å². The molecule has 1 rings (SSSR count). The second kappa shape index (κ2) is 5.63. The number of rotatable bonds is 4. The molecule has 0 radical (unpaired) electrons. The number of esters is 1. The lowest BCUT2D eigenvalue weighted by molar-refractivity contribution is -0.145. The van der Waals surface area contributed by atoms with Crippen molar-refractivity contribution < 1.29 is 14.3 Å². The van der Waals surface area contributed by atoms with Gasteiger partial charge in [0.1, 0.15) is 6.10 Å². The van der Waals surface area contributed by atoms with Gasteiger partial charge in [-0.25, -0.2) is 4.79 Å². The molecule has 0 aliphatic heterocycles. The van der Waals surface area contributed by atoms with E-state index >= 15 is 0 Å². The zero-order chi connectivity index (χ0) is 13.8. The van der Waals surface area contributed by atoms with E-state index in [2.05, 4.69) is 6.58 Å². The van der Waals surface area contributed by atoms with Crippen LogP contribution < -0.4 is 0 Å². The van der Waals surface area contributed by atoms with E-state index in [0.717, 1.165) is 0 Å². The molecule has 0 aliphatic rings. The number of carbonyl (C=O) groups excluding carboxylic acids is 2. The lowest BCUT2D eigenvalue weighted by Crippen LogP contribution is -2.32. The van der Waals surface area contributed by atoms with Crippen LogP contribution in [-0.4, -0.2) is 17.9 Å². The number of carbonyl (C=O) groups is 2. The molecule has 0 fully saturated rings. The van der Waals surface area contributed by atoms with Crippen LogP contribution in [-0.2, 0) is 9.53 Å². The first-order chi connectivity index (χ1) is 8.36. The van der Waals surface area contributed by atoms with Gasteiger partial charge in [-0.15, -0.1) is 0 Å². The van der Waals surface area contributed by atoms with E-state index in [1.807, 2.05) is 20.8 Å². The second-order valence-corrected chi connectivity index (χ2v) is 5.12. The third-order valence-electron chi connectivity index (χ3n) is 2.52. The topological polar surface area (TPSA) is 43.4 Å². The third kappa shape index (κ3) is 3.55. The Bertz CT molecular complexity index is 441. The Hall–Kier alpha value is -1.90. The molecule has 1 unspecified atom stereocenters. The van der Waals surface area contributed by atoms with Crippen LogP contribution in [0.15, 0.2) is 43.0 Å². The maximum Gasteiger partial charge on any atom is 0.380 e. The van der Waals surface area contributed by atoms with Crippen LogP contribution in [0.25, 0.3) is 0 Å². The summed E-state index contributed by atoms with van der Waals surface area (Å²) >= 11 is 0. The quantitative estimate of drug-likeness (QED) is 0.355. The highest BCUT2D eigenvalue weighted by molar-refractivity contribution is 6.40. The van der Waals surface area contributed by atoms with Crippen LogP contribution in [0.1, 0.15) is 31.1 Å². The number of hydrogen-bond donors (Lipinski definition) is 0. The Labute approximate surface area is 107 Å². The van der Waals surface area contributed by atoms with Gasteiger partial charge >= 0.3 is 5.97 Å². The molecule has 96 valence electrons. The van der Waals surface area contributed by atoms with Crippen molar-refractivity contribution in [2.45, 2.75) is 26.9 Å². The van der Waals surface area contributed by atoms with Gasteiger partial charge in [0.15, 0.2) is 0 Å². The minimum atomic E-state index is -0.846. The first-order valence-corrected chi connectivity index (χ1v) is 5.79. The number of Topliss-reactive ketones (excluding diaryl/α,β-unsaturated/α-hetero) is 1. The van der Waals surface area contributed by atoms with Crippen molar-refractivity contribution >= 4 is 11.8 Å². The van der Waals surface area contributed by atoms with Gasteiger partial charge in [-0.05, 0) is 0 Å². The van der Waals surface area contributed by atoms with Crippen molar-refractivity contribution in [1.82, 2.24) is 0 Å². The molecule has 1 aromatic rings. The van der Waals surface area contributed by atoms with Crippen molar-refractivity contribution in [2.75, 3.05) is 0 Å². The molecule has 0 heterocycles. The van der Waals surface area contributed by atoms with Crippen molar-refractivity contribution in [3.63, 3.8) is 0 Å². The molecular formula is C15H18O3. The van der Waals surface area contributed by atoms with Gasteiger partial charge < -0.3 is 4.74 Å². The summed E-state index contributed by atoms with van der Waals surface area (Å²) in [4.78, 5) is 23.6. The minimum Gasteiger partial charge on any atom is -0.452 e. The van der Waals surface area contributed by atoms with Gasteiger partial charge in [0.05, 0.1) is 0 Å². The summed E-state index contributed by atoms with van der Waals surface area (Å²) < 4.78 is 5.17. The molecule has 0 bridgehead atoms. The standard InChI is InChI=1S/C15H18O3/c1-5-12(15(2,3)4)18-14(17)13(16)11-9-7-6-8-10-11/h5-10,12H,1H2,2-4H3. The maximum atomic E-state index is 11.8. The minimum absolute atomic E-state index is 0.283. The summed E-state index contributed by atoms with van der Waals surface area (Å²) in [7, 11) is 0. The lowest BCUT2D eigenvalue weighted by atomic mass is 9.89. The van der Waals surface area contributed by atoms with E-state index in [9.17, 15) is 9.59 Å². The number of ether oxygens (including phenoxy) is 1. The predicted molar refractivity (Wildman–Crippen MR) is 70.3 cm³/mol. The summed E-state index contributed by atoms with van der Waals surface area (Å²) in [6.45, 7) is 9.37. The Balaban J connectivity index is 2.78. The molecule has 3 nitrogen and oxygen atoms in total. The molecule has 0 aromatic heterocycles. The normalized spacial score (nSPS) is 12.6. The average Bonchev–Trinajstić information content (AvgIpc) is 2.34. The van der Waals surface area contributed by atoms with Gasteiger partial charge in [-0.3, -0.25) is 4.79 Å². The molecule has 18 heavy (non-hydrogen) atoms. The molecule has 3 heteroatoms. The zero-order valence-corrected chi connectivity index (χ0v) is 11.0. The first kappa shape index (κ1) is 14.2. The van der Waals surface area contributed by atoms with Crippen LogP contribution in [0.2, 0.25) is 0 Å². The molecule has 0 N–H and O–H groups in total. The molecule has 1 atom stereocenters. The van der Waals surface area contributed by atoms with Crippen molar-refractivity contribution in [3.05, 3.63) is 48.6 Å². The average molecular weight is 246 g/mol. The molecular weight excluding hydrogens is 228 g/mol.